The lowest BCUT2D eigenvalue weighted by atomic mass is 10.1. The fourth-order valence-corrected chi connectivity index (χ4v) is 2.20. The number of fused-ring (bicyclic) bond motifs is 1. The van der Waals surface area contributed by atoms with Crippen molar-refractivity contribution in [2.24, 2.45) is 0 Å². The maximum Gasteiger partial charge on any atom is 0.262 e. The quantitative estimate of drug-likeness (QED) is 0.449. The van der Waals surface area contributed by atoms with E-state index in [1.54, 1.807) is 0 Å². The van der Waals surface area contributed by atoms with Gasteiger partial charge in [-0.1, -0.05) is 18.2 Å². The third-order valence-electron chi connectivity index (χ3n) is 2.55. The maximum atomic E-state index is 11.7. The highest BCUT2D eigenvalue weighted by atomic mass is 32.2. The molecule has 4 nitrogen and oxygen atoms in total. The molecule has 2 rings (SSSR count). The molecule has 5 heteroatoms. The summed E-state index contributed by atoms with van der Waals surface area (Å²) < 4.78 is 0. The van der Waals surface area contributed by atoms with Crippen molar-refractivity contribution in [3.05, 3.63) is 40.9 Å². The Balaban J connectivity index is 2.41. The van der Waals surface area contributed by atoms with E-state index in [0.717, 1.165) is 22.8 Å². The second kappa shape index (κ2) is 5.55. The van der Waals surface area contributed by atoms with E-state index in [1.165, 1.54) is 11.8 Å². The maximum absolute atomic E-state index is 11.7. The summed E-state index contributed by atoms with van der Waals surface area (Å²) in [6, 6.07) is 7.92. The van der Waals surface area contributed by atoms with E-state index in [9.17, 15) is 4.79 Å². The summed E-state index contributed by atoms with van der Waals surface area (Å²) in [7, 11) is 0. The average Bonchev–Trinajstić information content (AvgIpc) is 2.79. The molecular formula is C13H13N3OS. The van der Waals surface area contributed by atoms with Crippen molar-refractivity contribution in [2.75, 3.05) is 6.26 Å². The van der Waals surface area contributed by atoms with Gasteiger partial charge in [-0.2, -0.15) is 0 Å². The van der Waals surface area contributed by atoms with Crippen LogP contribution in [0.2, 0.25) is 0 Å². The Kier molecular flexibility index (Phi) is 3.84. The number of amides is 1. The molecule has 0 atom stereocenters. The molecule has 1 heterocycles. The van der Waals surface area contributed by atoms with E-state index in [1.807, 2.05) is 42.8 Å². The van der Waals surface area contributed by atoms with Gasteiger partial charge >= 0.3 is 0 Å². The van der Waals surface area contributed by atoms with E-state index in [0.29, 0.717) is 4.91 Å². The largest absolute Gasteiger partial charge is 0.361 e. The van der Waals surface area contributed by atoms with Gasteiger partial charge in [0.05, 0.1) is 11.2 Å². The molecule has 1 aromatic heterocycles. The topological polar surface area (TPSA) is 68.7 Å². The Bertz CT molecular complexity index is 615. The van der Waals surface area contributed by atoms with Crippen LogP contribution in [-0.2, 0) is 4.79 Å². The molecule has 2 aromatic rings. The number of hydrogen-bond donors (Lipinski definition) is 3. The van der Waals surface area contributed by atoms with Crippen molar-refractivity contribution >= 4 is 41.0 Å². The molecule has 0 aliphatic rings. The molecule has 0 radical (unpaired) electrons. The van der Waals surface area contributed by atoms with Gasteiger partial charge in [0.25, 0.3) is 5.91 Å². The number of para-hydroxylation sites is 1. The second-order valence-electron chi connectivity index (χ2n) is 3.62. The van der Waals surface area contributed by atoms with Crippen LogP contribution in [0.3, 0.4) is 0 Å². The Morgan fingerprint density at radius 2 is 2.22 bits per heavy atom. The van der Waals surface area contributed by atoms with Crippen molar-refractivity contribution in [3.63, 3.8) is 0 Å². The predicted octanol–water partition coefficient (Wildman–Crippen LogP) is 2.60. The molecule has 18 heavy (non-hydrogen) atoms. The number of thioether (sulfide) groups is 1. The summed E-state index contributed by atoms with van der Waals surface area (Å²) >= 11 is 1.36. The molecule has 1 aromatic carbocycles. The zero-order valence-corrected chi connectivity index (χ0v) is 10.7. The minimum absolute atomic E-state index is 0.261. The van der Waals surface area contributed by atoms with Crippen LogP contribution in [0, 0.1) is 5.41 Å². The first-order chi connectivity index (χ1) is 8.76. The number of carbonyl (C=O) groups excluding carboxylic acids is 1. The number of hydrogen-bond acceptors (Lipinski definition) is 3. The van der Waals surface area contributed by atoms with Crippen molar-refractivity contribution in [3.8, 4) is 0 Å². The summed E-state index contributed by atoms with van der Waals surface area (Å²) in [5, 5.41) is 10.3. The average molecular weight is 259 g/mol. The van der Waals surface area contributed by atoms with Gasteiger partial charge in [0.1, 0.15) is 0 Å². The Morgan fingerprint density at radius 1 is 1.44 bits per heavy atom. The summed E-state index contributed by atoms with van der Waals surface area (Å²) in [5.41, 5.74) is 2.01. The smallest absolute Gasteiger partial charge is 0.262 e. The lowest BCUT2D eigenvalue weighted by molar-refractivity contribution is -0.115. The minimum atomic E-state index is -0.261. The molecule has 1 amide bonds. The van der Waals surface area contributed by atoms with Crippen LogP contribution >= 0.6 is 11.8 Å². The molecule has 0 saturated heterocycles. The number of benzene rings is 1. The van der Waals surface area contributed by atoms with Crippen LogP contribution in [-0.4, -0.2) is 23.5 Å². The summed E-state index contributed by atoms with van der Waals surface area (Å²) in [5.74, 6) is -0.261. The third kappa shape index (κ3) is 2.46. The first-order valence-electron chi connectivity index (χ1n) is 5.38. The standard InChI is InChI=1S/C13H13N3OS/c1-18-12(13(17)16-8-14)6-9-7-15-11-5-3-2-4-10(9)11/h2-8,15H,1H3,(H2,14,16,17)/b12-6-. The fraction of sp³-hybridized carbons (Fsp3) is 0.0769. The molecule has 0 aliphatic carbocycles. The van der Waals surface area contributed by atoms with Gasteiger partial charge in [0, 0.05) is 22.7 Å². The molecule has 0 spiro atoms. The normalized spacial score (nSPS) is 11.5. The molecule has 0 bridgehead atoms. The van der Waals surface area contributed by atoms with Crippen LogP contribution in [0.1, 0.15) is 5.56 Å². The molecule has 92 valence electrons. The van der Waals surface area contributed by atoms with Gasteiger partial charge < -0.3 is 10.3 Å². The van der Waals surface area contributed by atoms with Gasteiger partial charge in [0.2, 0.25) is 0 Å². The molecular weight excluding hydrogens is 246 g/mol. The molecule has 0 fully saturated rings. The Hall–Kier alpha value is -2.01. The molecule has 0 aliphatic heterocycles. The van der Waals surface area contributed by atoms with E-state index in [2.05, 4.69) is 10.3 Å². The first kappa shape index (κ1) is 12.4. The number of aromatic nitrogens is 1. The van der Waals surface area contributed by atoms with E-state index < -0.39 is 0 Å². The number of rotatable bonds is 4. The van der Waals surface area contributed by atoms with Gasteiger partial charge in [-0.25, -0.2) is 0 Å². The third-order valence-corrected chi connectivity index (χ3v) is 3.30. The minimum Gasteiger partial charge on any atom is -0.361 e. The molecule has 3 N–H and O–H groups in total. The van der Waals surface area contributed by atoms with Crippen LogP contribution in [0.5, 0.6) is 0 Å². The summed E-state index contributed by atoms with van der Waals surface area (Å²) in [6.07, 6.45) is 6.42. The highest BCUT2D eigenvalue weighted by molar-refractivity contribution is 8.03. The zero-order chi connectivity index (χ0) is 13.0. The predicted molar refractivity (Wildman–Crippen MR) is 76.7 cm³/mol. The number of aromatic amines is 1. The van der Waals surface area contributed by atoms with E-state index >= 15 is 0 Å². The number of H-pyrrole nitrogens is 1. The highest BCUT2D eigenvalue weighted by Gasteiger charge is 2.08. The fourth-order valence-electron chi connectivity index (χ4n) is 1.71. The Labute approximate surface area is 109 Å². The summed E-state index contributed by atoms with van der Waals surface area (Å²) in [4.78, 5) is 15.4. The van der Waals surface area contributed by atoms with E-state index in [4.69, 9.17) is 5.41 Å². The zero-order valence-electron chi connectivity index (χ0n) is 9.86. The van der Waals surface area contributed by atoms with Gasteiger partial charge in [-0.15, -0.1) is 11.8 Å². The Morgan fingerprint density at radius 3 is 2.94 bits per heavy atom. The van der Waals surface area contributed by atoms with E-state index in [-0.39, 0.29) is 5.91 Å². The lowest BCUT2D eigenvalue weighted by Gasteiger charge is -2.01. The number of carbonyl (C=O) groups is 1. The van der Waals surface area contributed by atoms with Crippen molar-refractivity contribution < 1.29 is 4.79 Å². The van der Waals surface area contributed by atoms with Gasteiger partial charge in [-0.3, -0.25) is 10.2 Å². The first-order valence-corrected chi connectivity index (χ1v) is 6.60. The van der Waals surface area contributed by atoms with Crippen molar-refractivity contribution in [1.29, 1.82) is 5.41 Å². The van der Waals surface area contributed by atoms with Crippen molar-refractivity contribution in [1.82, 2.24) is 10.3 Å². The van der Waals surface area contributed by atoms with Crippen LogP contribution in [0.15, 0.2) is 35.4 Å². The highest BCUT2D eigenvalue weighted by Crippen LogP contribution is 2.23. The second-order valence-corrected chi connectivity index (χ2v) is 4.47. The van der Waals surface area contributed by atoms with Crippen LogP contribution in [0.4, 0.5) is 0 Å². The van der Waals surface area contributed by atoms with Crippen molar-refractivity contribution in [2.45, 2.75) is 0 Å². The van der Waals surface area contributed by atoms with Crippen LogP contribution < -0.4 is 5.32 Å². The van der Waals surface area contributed by atoms with Gasteiger partial charge in [-0.05, 0) is 18.4 Å². The monoisotopic (exact) mass is 259 g/mol. The summed E-state index contributed by atoms with van der Waals surface area (Å²) in [6.45, 7) is 0. The van der Waals surface area contributed by atoms with Crippen LogP contribution in [0.25, 0.3) is 17.0 Å². The van der Waals surface area contributed by atoms with Gasteiger partial charge in [0.15, 0.2) is 0 Å². The molecule has 0 unspecified atom stereocenters. The molecule has 0 saturated carbocycles. The lowest BCUT2D eigenvalue weighted by Crippen LogP contribution is -2.21. The number of nitrogens with one attached hydrogen (secondary N) is 3. The SMILES string of the molecule is CS/C(=C\c1c[nH]c2ccccc12)C(=O)NC=N.